The van der Waals surface area contributed by atoms with Gasteiger partial charge in [0.25, 0.3) is 0 Å². The molecule has 15 heavy (non-hydrogen) atoms. The van der Waals surface area contributed by atoms with E-state index in [4.69, 9.17) is 6.42 Å². The molecule has 1 rings (SSSR count). The van der Waals surface area contributed by atoms with Crippen LogP contribution in [0.2, 0.25) is 0 Å². The van der Waals surface area contributed by atoms with Crippen LogP contribution in [0.1, 0.15) is 27.2 Å². The first-order chi connectivity index (χ1) is 6.92. The van der Waals surface area contributed by atoms with E-state index in [0.29, 0.717) is 6.42 Å². The summed E-state index contributed by atoms with van der Waals surface area (Å²) >= 11 is 0. The Hall–Kier alpha value is -1.50. The SMILES string of the molecule is C#CC(CC)N1CC(=O)NC(C)(C)C1=O. The lowest BCUT2D eigenvalue weighted by molar-refractivity contribution is -0.149. The number of carbonyl (C=O) groups is 2. The van der Waals surface area contributed by atoms with Crippen molar-refractivity contribution in [3.05, 3.63) is 0 Å². The minimum Gasteiger partial charge on any atom is -0.341 e. The quantitative estimate of drug-likeness (QED) is 0.656. The van der Waals surface area contributed by atoms with E-state index < -0.39 is 5.54 Å². The zero-order valence-electron chi connectivity index (χ0n) is 9.33. The number of carbonyl (C=O) groups excluding carboxylic acids is 2. The highest BCUT2D eigenvalue weighted by molar-refractivity contribution is 5.97. The Morgan fingerprint density at radius 2 is 2.20 bits per heavy atom. The van der Waals surface area contributed by atoms with Crippen LogP contribution >= 0.6 is 0 Å². The summed E-state index contributed by atoms with van der Waals surface area (Å²) in [4.78, 5) is 24.8. The van der Waals surface area contributed by atoms with Gasteiger partial charge in [0, 0.05) is 0 Å². The maximum atomic E-state index is 12.0. The Morgan fingerprint density at radius 1 is 1.60 bits per heavy atom. The van der Waals surface area contributed by atoms with Crippen molar-refractivity contribution in [2.75, 3.05) is 6.54 Å². The number of amides is 2. The summed E-state index contributed by atoms with van der Waals surface area (Å²) in [5.74, 6) is 2.26. The molecule has 1 aliphatic rings. The molecule has 0 bridgehead atoms. The summed E-state index contributed by atoms with van der Waals surface area (Å²) in [6, 6.07) is -0.289. The highest BCUT2D eigenvalue weighted by atomic mass is 16.2. The van der Waals surface area contributed by atoms with E-state index in [1.807, 2.05) is 6.92 Å². The number of piperazine rings is 1. The van der Waals surface area contributed by atoms with Gasteiger partial charge in [0.1, 0.15) is 12.1 Å². The molecule has 1 unspecified atom stereocenters. The molecular formula is C11H16N2O2. The van der Waals surface area contributed by atoms with Gasteiger partial charge in [0.05, 0.1) is 6.04 Å². The molecule has 1 N–H and O–H groups in total. The molecule has 0 radical (unpaired) electrons. The molecule has 0 aromatic heterocycles. The van der Waals surface area contributed by atoms with Gasteiger partial charge < -0.3 is 10.2 Å². The first kappa shape index (κ1) is 11.6. The van der Waals surface area contributed by atoms with Crippen LogP contribution < -0.4 is 5.32 Å². The highest BCUT2D eigenvalue weighted by Gasteiger charge is 2.40. The van der Waals surface area contributed by atoms with Gasteiger partial charge >= 0.3 is 0 Å². The molecule has 0 aromatic carbocycles. The number of nitrogens with zero attached hydrogens (tertiary/aromatic N) is 1. The molecule has 82 valence electrons. The summed E-state index contributed by atoms with van der Waals surface area (Å²) in [6.45, 7) is 5.33. The van der Waals surface area contributed by atoms with Gasteiger partial charge in [-0.25, -0.2) is 0 Å². The number of rotatable bonds is 2. The molecule has 0 spiro atoms. The van der Waals surface area contributed by atoms with E-state index >= 15 is 0 Å². The van der Waals surface area contributed by atoms with Gasteiger partial charge in [-0.15, -0.1) is 6.42 Å². The second-order valence-corrected chi connectivity index (χ2v) is 4.20. The van der Waals surface area contributed by atoms with Crippen LogP contribution in [0.3, 0.4) is 0 Å². The molecule has 2 amide bonds. The molecule has 1 heterocycles. The number of terminal acetylenes is 1. The predicted octanol–water partition coefficient (Wildman–Crippen LogP) is 0.135. The lowest BCUT2D eigenvalue weighted by Crippen LogP contribution is -2.65. The van der Waals surface area contributed by atoms with Crippen molar-refractivity contribution in [1.82, 2.24) is 10.2 Å². The second kappa shape index (κ2) is 3.93. The number of hydrogen-bond acceptors (Lipinski definition) is 2. The van der Waals surface area contributed by atoms with Crippen LogP contribution in [-0.4, -0.2) is 34.8 Å². The zero-order chi connectivity index (χ0) is 11.6. The molecule has 1 fully saturated rings. The Bertz CT molecular complexity index is 328. The van der Waals surface area contributed by atoms with Gasteiger partial charge in [-0.1, -0.05) is 12.8 Å². The van der Waals surface area contributed by atoms with Gasteiger partial charge in [-0.3, -0.25) is 9.59 Å². The van der Waals surface area contributed by atoms with Gasteiger partial charge in [0.15, 0.2) is 0 Å². The van der Waals surface area contributed by atoms with Crippen molar-refractivity contribution in [2.24, 2.45) is 0 Å². The zero-order valence-corrected chi connectivity index (χ0v) is 9.33. The fraction of sp³-hybridized carbons (Fsp3) is 0.636. The van der Waals surface area contributed by atoms with E-state index in [-0.39, 0.29) is 24.4 Å². The van der Waals surface area contributed by atoms with Crippen LogP contribution in [-0.2, 0) is 9.59 Å². The third kappa shape index (κ3) is 2.12. The predicted molar refractivity (Wildman–Crippen MR) is 56.8 cm³/mol. The van der Waals surface area contributed by atoms with E-state index in [9.17, 15) is 9.59 Å². The van der Waals surface area contributed by atoms with Crippen LogP contribution in [0.15, 0.2) is 0 Å². The summed E-state index contributed by atoms with van der Waals surface area (Å²) in [5, 5.41) is 2.64. The summed E-state index contributed by atoms with van der Waals surface area (Å²) in [5.41, 5.74) is -0.848. The highest BCUT2D eigenvalue weighted by Crippen LogP contribution is 2.16. The molecule has 1 aliphatic heterocycles. The molecule has 1 saturated heterocycles. The average molecular weight is 208 g/mol. The Labute approximate surface area is 90.0 Å². The van der Waals surface area contributed by atoms with Crippen LogP contribution in [0.5, 0.6) is 0 Å². The molecule has 1 atom stereocenters. The van der Waals surface area contributed by atoms with Crippen molar-refractivity contribution < 1.29 is 9.59 Å². The Morgan fingerprint density at radius 3 is 2.67 bits per heavy atom. The average Bonchev–Trinajstić information content (AvgIpc) is 2.14. The number of hydrogen-bond donors (Lipinski definition) is 1. The van der Waals surface area contributed by atoms with Crippen LogP contribution in [0.25, 0.3) is 0 Å². The summed E-state index contributed by atoms with van der Waals surface area (Å²) in [7, 11) is 0. The fourth-order valence-corrected chi connectivity index (χ4v) is 1.71. The third-order valence-electron chi connectivity index (χ3n) is 2.52. The first-order valence-electron chi connectivity index (χ1n) is 5.00. The lowest BCUT2D eigenvalue weighted by Gasteiger charge is -2.39. The molecule has 4 heteroatoms. The second-order valence-electron chi connectivity index (χ2n) is 4.20. The van der Waals surface area contributed by atoms with Crippen LogP contribution in [0.4, 0.5) is 0 Å². The summed E-state index contributed by atoms with van der Waals surface area (Å²) < 4.78 is 0. The molecule has 0 saturated carbocycles. The van der Waals surface area contributed by atoms with Gasteiger partial charge in [-0.2, -0.15) is 0 Å². The smallest absolute Gasteiger partial charge is 0.249 e. The lowest BCUT2D eigenvalue weighted by atomic mass is 9.98. The van der Waals surface area contributed by atoms with Crippen molar-refractivity contribution in [3.8, 4) is 12.3 Å². The largest absolute Gasteiger partial charge is 0.341 e. The normalized spacial score (nSPS) is 21.9. The van der Waals surface area contributed by atoms with E-state index in [1.165, 1.54) is 4.90 Å². The van der Waals surface area contributed by atoms with Crippen molar-refractivity contribution in [3.63, 3.8) is 0 Å². The third-order valence-corrected chi connectivity index (χ3v) is 2.52. The molecular weight excluding hydrogens is 192 g/mol. The van der Waals surface area contributed by atoms with E-state index in [2.05, 4.69) is 11.2 Å². The van der Waals surface area contributed by atoms with E-state index in [1.54, 1.807) is 13.8 Å². The minimum absolute atomic E-state index is 0.0605. The maximum Gasteiger partial charge on any atom is 0.249 e. The van der Waals surface area contributed by atoms with Crippen molar-refractivity contribution >= 4 is 11.8 Å². The van der Waals surface area contributed by atoms with Crippen LogP contribution in [0, 0.1) is 12.3 Å². The number of nitrogens with one attached hydrogen (secondary N) is 1. The Kier molecular flexibility index (Phi) is 3.04. The monoisotopic (exact) mass is 208 g/mol. The Balaban J connectivity index is 2.94. The molecule has 4 nitrogen and oxygen atoms in total. The minimum atomic E-state index is -0.848. The van der Waals surface area contributed by atoms with Crippen molar-refractivity contribution in [2.45, 2.75) is 38.8 Å². The molecule has 0 aliphatic carbocycles. The topological polar surface area (TPSA) is 49.4 Å². The maximum absolute atomic E-state index is 12.0. The standard InChI is InChI=1S/C11H16N2O2/c1-5-8(6-2)13-7-9(14)12-11(3,4)10(13)15/h1,8H,6-7H2,2-4H3,(H,12,14). The van der Waals surface area contributed by atoms with Gasteiger partial charge in [0.2, 0.25) is 11.8 Å². The summed E-state index contributed by atoms with van der Waals surface area (Å²) in [6.07, 6.45) is 5.99. The van der Waals surface area contributed by atoms with Crippen molar-refractivity contribution in [1.29, 1.82) is 0 Å². The first-order valence-corrected chi connectivity index (χ1v) is 5.00. The van der Waals surface area contributed by atoms with Gasteiger partial charge in [-0.05, 0) is 20.3 Å². The molecule has 0 aromatic rings. The fourth-order valence-electron chi connectivity index (χ4n) is 1.71. The van der Waals surface area contributed by atoms with E-state index in [0.717, 1.165) is 0 Å².